The Balaban J connectivity index is 2.79. The SMILES string of the molecule is CC(C)OC(=O)COc1c(Cl)cc(Cl)cc1CCN. The van der Waals surface area contributed by atoms with Gasteiger partial charge in [-0.1, -0.05) is 23.2 Å². The van der Waals surface area contributed by atoms with E-state index in [9.17, 15) is 4.79 Å². The second-order valence-corrected chi connectivity index (χ2v) is 5.09. The van der Waals surface area contributed by atoms with Gasteiger partial charge in [-0.05, 0) is 44.5 Å². The van der Waals surface area contributed by atoms with Gasteiger partial charge in [-0.3, -0.25) is 0 Å². The number of carbonyl (C=O) groups is 1. The van der Waals surface area contributed by atoms with Crippen LogP contribution in [0.15, 0.2) is 12.1 Å². The molecule has 0 saturated carbocycles. The molecule has 1 aromatic rings. The highest BCUT2D eigenvalue weighted by Gasteiger charge is 2.13. The Bertz CT molecular complexity index is 450. The topological polar surface area (TPSA) is 61.5 Å². The van der Waals surface area contributed by atoms with Crippen LogP contribution in [0.4, 0.5) is 0 Å². The molecule has 0 aliphatic rings. The first kappa shape index (κ1) is 16.1. The highest BCUT2D eigenvalue weighted by atomic mass is 35.5. The summed E-state index contributed by atoms with van der Waals surface area (Å²) in [5.74, 6) is -0.0167. The number of ether oxygens (including phenoxy) is 2. The first-order valence-electron chi connectivity index (χ1n) is 5.94. The highest BCUT2D eigenvalue weighted by Crippen LogP contribution is 2.32. The number of hydrogen-bond acceptors (Lipinski definition) is 4. The van der Waals surface area contributed by atoms with Crippen molar-refractivity contribution in [3.63, 3.8) is 0 Å². The third kappa shape index (κ3) is 5.27. The number of rotatable bonds is 6. The van der Waals surface area contributed by atoms with Gasteiger partial charge in [0.2, 0.25) is 0 Å². The van der Waals surface area contributed by atoms with Gasteiger partial charge in [-0.2, -0.15) is 0 Å². The third-order valence-corrected chi connectivity index (χ3v) is 2.70. The molecule has 0 aliphatic carbocycles. The number of halogens is 2. The van der Waals surface area contributed by atoms with Crippen molar-refractivity contribution in [2.45, 2.75) is 26.4 Å². The molecule has 0 aliphatic heterocycles. The molecule has 0 saturated heterocycles. The third-order valence-electron chi connectivity index (χ3n) is 2.20. The molecule has 19 heavy (non-hydrogen) atoms. The predicted octanol–water partition coefficient (Wildman–Crippen LogP) is 2.83. The van der Waals surface area contributed by atoms with Crippen LogP contribution in [0.3, 0.4) is 0 Å². The smallest absolute Gasteiger partial charge is 0.344 e. The van der Waals surface area contributed by atoms with Crippen molar-refractivity contribution >= 4 is 29.2 Å². The number of nitrogens with two attached hydrogens (primary N) is 1. The molecule has 0 radical (unpaired) electrons. The van der Waals surface area contributed by atoms with E-state index in [0.717, 1.165) is 5.56 Å². The van der Waals surface area contributed by atoms with Gasteiger partial charge in [0.1, 0.15) is 5.75 Å². The average molecular weight is 306 g/mol. The van der Waals surface area contributed by atoms with Crippen molar-refractivity contribution in [1.29, 1.82) is 0 Å². The van der Waals surface area contributed by atoms with Crippen molar-refractivity contribution in [1.82, 2.24) is 0 Å². The lowest BCUT2D eigenvalue weighted by atomic mass is 10.1. The molecule has 6 heteroatoms. The Hall–Kier alpha value is -0.970. The zero-order valence-electron chi connectivity index (χ0n) is 10.9. The van der Waals surface area contributed by atoms with E-state index in [0.29, 0.717) is 28.8 Å². The Kier molecular flexibility index (Phi) is 6.42. The van der Waals surface area contributed by atoms with E-state index in [-0.39, 0.29) is 12.7 Å². The van der Waals surface area contributed by atoms with Gasteiger partial charge in [-0.25, -0.2) is 4.79 Å². The molecule has 0 amide bonds. The van der Waals surface area contributed by atoms with Gasteiger partial charge < -0.3 is 15.2 Å². The van der Waals surface area contributed by atoms with E-state index in [1.54, 1.807) is 26.0 Å². The highest BCUT2D eigenvalue weighted by molar-refractivity contribution is 6.35. The molecule has 0 aromatic heterocycles. The molecule has 1 rings (SSSR count). The Morgan fingerprint density at radius 1 is 1.37 bits per heavy atom. The Labute approximate surface area is 122 Å². The molecule has 2 N–H and O–H groups in total. The van der Waals surface area contributed by atoms with Crippen LogP contribution in [0.2, 0.25) is 10.0 Å². The molecule has 1 aromatic carbocycles. The summed E-state index contributed by atoms with van der Waals surface area (Å²) in [7, 11) is 0. The molecule has 0 bridgehead atoms. The molecule has 106 valence electrons. The summed E-state index contributed by atoms with van der Waals surface area (Å²) in [5, 5.41) is 0.860. The zero-order valence-corrected chi connectivity index (χ0v) is 12.4. The molecule has 4 nitrogen and oxygen atoms in total. The van der Waals surface area contributed by atoms with Gasteiger partial charge in [-0.15, -0.1) is 0 Å². The Morgan fingerprint density at radius 2 is 2.05 bits per heavy atom. The predicted molar refractivity (Wildman–Crippen MR) is 75.9 cm³/mol. The first-order valence-corrected chi connectivity index (χ1v) is 6.70. The fourth-order valence-corrected chi connectivity index (χ4v) is 2.13. The summed E-state index contributed by atoms with van der Waals surface area (Å²) >= 11 is 12.0. The minimum Gasteiger partial charge on any atom is -0.480 e. The second-order valence-electron chi connectivity index (χ2n) is 4.24. The summed E-state index contributed by atoms with van der Waals surface area (Å²) in [5.41, 5.74) is 6.29. The van der Waals surface area contributed by atoms with Crippen molar-refractivity contribution in [3.05, 3.63) is 27.7 Å². The molecule has 0 spiro atoms. The summed E-state index contributed by atoms with van der Waals surface area (Å²) < 4.78 is 10.4. The first-order chi connectivity index (χ1) is 8.93. The van der Waals surface area contributed by atoms with E-state index < -0.39 is 5.97 Å². The lowest BCUT2D eigenvalue weighted by molar-refractivity contribution is -0.149. The van der Waals surface area contributed by atoms with Gasteiger partial charge in [0, 0.05) is 5.02 Å². The minimum absolute atomic E-state index is 0.180. The number of hydrogen-bond donors (Lipinski definition) is 1. The summed E-state index contributed by atoms with van der Waals surface area (Å²) in [4.78, 5) is 11.4. The van der Waals surface area contributed by atoms with E-state index in [1.807, 2.05) is 0 Å². The lowest BCUT2D eigenvalue weighted by Gasteiger charge is -2.14. The van der Waals surface area contributed by atoms with Crippen LogP contribution in [0.25, 0.3) is 0 Å². The largest absolute Gasteiger partial charge is 0.480 e. The van der Waals surface area contributed by atoms with Crippen LogP contribution < -0.4 is 10.5 Å². The number of esters is 1. The summed E-state index contributed by atoms with van der Waals surface area (Å²) in [6, 6.07) is 3.29. The van der Waals surface area contributed by atoms with Gasteiger partial charge in [0.25, 0.3) is 0 Å². The van der Waals surface area contributed by atoms with Crippen molar-refractivity contribution < 1.29 is 14.3 Å². The fourth-order valence-electron chi connectivity index (χ4n) is 1.54. The van der Waals surface area contributed by atoms with E-state index in [1.165, 1.54) is 0 Å². The number of carbonyl (C=O) groups excluding carboxylic acids is 1. The standard InChI is InChI=1S/C13H17Cl2NO3/c1-8(2)19-12(17)7-18-13-9(3-4-16)5-10(14)6-11(13)15/h5-6,8H,3-4,7,16H2,1-2H3. The maximum Gasteiger partial charge on any atom is 0.344 e. The minimum atomic E-state index is -0.445. The van der Waals surface area contributed by atoms with Crippen LogP contribution in [0.5, 0.6) is 5.75 Å². The van der Waals surface area contributed by atoms with Crippen LogP contribution in [0, 0.1) is 0 Å². The van der Waals surface area contributed by atoms with Crippen molar-refractivity contribution in [3.8, 4) is 5.75 Å². The molecule has 0 heterocycles. The number of benzene rings is 1. The fraction of sp³-hybridized carbons (Fsp3) is 0.462. The maximum atomic E-state index is 11.4. The quantitative estimate of drug-likeness (QED) is 0.821. The second kappa shape index (κ2) is 7.58. The Morgan fingerprint density at radius 3 is 2.63 bits per heavy atom. The van der Waals surface area contributed by atoms with E-state index in [4.69, 9.17) is 38.4 Å². The molecule has 0 atom stereocenters. The van der Waals surface area contributed by atoms with Crippen LogP contribution >= 0.6 is 23.2 Å². The van der Waals surface area contributed by atoms with Crippen LogP contribution in [-0.4, -0.2) is 25.2 Å². The summed E-state index contributed by atoms with van der Waals surface area (Å²) in [6.45, 7) is 3.78. The molecule has 0 fully saturated rings. The molecular formula is C13H17Cl2NO3. The van der Waals surface area contributed by atoms with E-state index >= 15 is 0 Å². The maximum absolute atomic E-state index is 11.4. The van der Waals surface area contributed by atoms with Crippen LogP contribution in [-0.2, 0) is 16.0 Å². The zero-order chi connectivity index (χ0) is 14.4. The average Bonchev–Trinajstić information content (AvgIpc) is 2.26. The van der Waals surface area contributed by atoms with Crippen molar-refractivity contribution in [2.24, 2.45) is 5.73 Å². The van der Waals surface area contributed by atoms with Crippen LogP contribution in [0.1, 0.15) is 19.4 Å². The normalized spacial score (nSPS) is 10.6. The van der Waals surface area contributed by atoms with E-state index in [2.05, 4.69) is 0 Å². The molecule has 0 unspecified atom stereocenters. The summed E-state index contributed by atoms with van der Waals surface area (Å²) in [6.07, 6.45) is 0.384. The molecular weight excluding hydrogens is 289 g/mol. The van der Waals surface area contributed by atoms with Crippen molar-refractivity contribution in [2.75, 3.05) is 13.2 Å². The lowest BCUT2D eigenvalue weighted by Crippen LogP contribution is -2.19. The van der Waals surface area contributed by atoms with Gasteiger partial charge in [0.15, 0.2) is 6.61 Å². The monoisotopic (exact) mass is 305 g/mol. The van der Waals surface area contributed by atoms with Gasteiger partial charge in [0.05, 0.1) is 11.1 Å². The van der Waals surface area contributed by atoms with Gasteiger partial charge >= 0.3 is 5.97 Å².